The number of benzene rings is 3. The number of aromatic amines is 1. The SMILES string of the molecule is Cc1nc2ccc(NC(=O)c3ccc4nc(CN5CCC(c6cccc(OCc7ccc(Cl)cc7F)n6)CC5)[nH]c4c3)cc2s1. The van der Waals surface area contributed by atoms with Gasteiger partial charge in [-0.25, -0.2) is 19.3 Å². The van der Waals surface area contributed by atoms with Gasteiger partial charge in [-0.3, -0.25) is 9.69 Å². The highest BCUT2D eigenvalue weighted by Crippen LogP contribution is 2.29. The summed E-state index contributed by atoms with van der Waals surface area (Å²) < 4.78 is 21.0. The molecule has 11 heteroatoms. The molecule has 0 bridgehead atoms. The number of halogens is 2. The fourth-order valence-electron chi connectivity index (χ4n) is 5.73. The number of anilines is 1. The van der Waals surface area contributed by atoms with Crippen molar-refractivity contribution >= 4 is 55.8 Å². The highest BCUT2D eigenvalue weighted by Gasteiger charge is 2.23. The minimum absolute atomic E-state index is 0.0883. The van der Waals surface area contributed by atoms with Crippen molar-refractivity contribution in [1.82, 2.24) is 24.8 Å². The Labute approximate surface area is 268 Å². The number of fused-ring (bicyclic) bond motifs is 2. The average Bonchev–Trinajstić information content (AvgIpc) is 3.62. The molecule has 8 nitrogen and oxygen atoms in total. The van der Waals surface area contributed by atoms with E-state index in [0.29, 0.717) is 34.5 Å². The van der Waals surface area contributed by atoms with Crippen LogP contribution in [0.3, 0.4) is 0 Å². The number of aromatic nitrogens is 4. The number of pyridine rings is 1. The molecule has 1 amide bonds. The second kappa shape index (κ2) is 12.5. The molecule has 6 aromatic rings. The number of hydrogen-bond donors (Lipinski definition) is 2. The van der Waals surface area contributed by atoms with Gasteiger partial charge < -0.3 is 15.0 Å². The van der Waals surface area contributed by atoms with Crippen LogP contribution in [0.5, 0.6) is 5.88 Å². The molecule has 3 aromatic heterocycles. The molecule has 1 aliphatic rings. The van der Waals surface area contributed by atoms with E-state index < -0.39 is 5.82 Å². The Morgan fingerprint density at radius 3 is 2.73 bits per heavy atom. The number of imidazole rings is 1. The van der Waals surface area contributed by atoms with Crippen LogP contribution in [-0.2, 0) is 13.2 Å². The minimum atomic E-state index is -0.391. The van der Waals surface area contributed by atoms with Crippen LogP contribution in [0.25, 0.3) is 21.3 Å². The summed E-state index contributed by atoms with van der Waals surface area (Å²) in [7, 11) is 0. The number of ether oxygens (including phenoxy) is 1. The molecular weight excluding hydrogens is 611 g/mol. The van der Waals surface area contributed by atoms with E-state index in [0.717, 1.165) is 69.4 Å². The molecule has 4 heterocycles. The summed E-state index contributed by atoms with van der Waals surface area (Å²) in [6, 6.07) is 21.6. The number of piperidine rings is 1. The van der Waals surface area contributed by atoms with E-state index in [1.165, 1.54) is 6.07 Å². The highest BCUT2D eigenvalue weighted by atomic mass is 35.5. The van der Waals surface area contributed by atoms with E-state index in [1.54, 1.807) is 35.6 Å². The van der Waals surface area contributed by atoms with Crippen LogP contribution >= 0.6 is 22.9 Å². The van der Waals surface area contributed by atoms with Crippen molar-refractivity contribution in [2.75, 3.05) is 18.4 Å². The molecular formula is C34H30ClFN6O2S. The number of carbonyl (C=O) groups excluding carboxylic acids is 1. The van der Waals surface area contributed by atoms with Crippen molar-refractivity contribution in [3.63, 3.8) is 0 Å². The molecule has 1 fully saturated rings. The maximum Gasteiger partial charge on any atom is 0.255 e. The summed E-state index contributed by atoms with van der Waals surface area (Å²) in [5.41, 5.74) is 5.33. The third-order valence-electron chi connectivity index (χ3n) is 8.06. The van der Waals surface area contributed by atoms with Crippen molar-refractivity contribution in [3.05, 3.63) is 111 Å². The van der Waals surface area contributed by atoms with E-state index in [-0.39, 0.29) is 12.5 Å². The van der Waals surface area contributed by atoms with Gasteiger partial charge in [-0.1, -0.05) is 23.7 Å². The number of carbonyl (C=O) groups is 1. The first-order valence-electron chi connectivity index (χ1n) is 14.8. The Kier molecular flexibility index (Phi) is 8.18. The molecule has 228 valence electrons. The van der Waals surface area contributed by atoms with Crippen LogP contribution in [0.4, 0.5) is 10.1 Å². The van der Waals surface area contributed by atoms with Gasteiger partial charge in [0, 0.05) is 39.5 Å². The fourth-order valence-corrected chi connectivity index (χ4v) is 6.75. The van der Waals surface area contributed by atoms with E-state index in [9.17, 15) is 9.18 Å². The zero-order valence-corrected chi connectivity index (χ0v) is 26.1. The van der Waals surface area contributed by atoms with Crippen molar-refractivity contribution in [3.8, 4) is 5.88 Å². The summed E-state index contributed by atoms with van der Waals surface area (Å²) >= 11 is 7.46. The van der Waals surface area contributed by atoms with E-state index in [4.69, 9.17) is 26.3 Å². The van der Waals surface area contributed by atoms with Gasteiger partial charge in [-0.05, 0) is 87.5 Å². The molecule has 0 aliphatic carbocycles. The molecule has 3 aromatic carbocycles. The van der Waals surface area contributed by atoms with Crippen molar-refractivity contribution in [1.29, 1.82) is 0 Å². The normalized spacial score (nSPS) is 14.3. The van der Waals surface area contributed by atoms with Gasteiger partial charge in [0.25, 0.3) is 5.91 Å². The lowest BCUT2D eigenvalue weighted by Gasteiger charge is -2.31. The Hall–Kier alpha value is -4.38. The largest absolute Gasteiger partial charge is 0.473 e. The molecule has 1 saturated heterocycles. The van der Waals surface area contributed by atoms with Crippen LogP contribution in [0, 0.1) is 12.7 Å². The molecule has 0 radical (unpaired) electrons. The lowest BCUT2D eigenvalue weighted by Crippen LogP contribution is -2.33. The predicted molar refractivity (Wildman–Crippen MR) is 176 cm³/mol. The fraction of sp³-hybridized carbons (Fsp3) is 0.235. The van der Waals surface area contributed by atoms with Crippen LogP contribution < -0.4 is 10.1 Å². The summed E-state index contributed by atoms with van der Waals surface area (Å²) in [5.74, 6) is 1.11. The number of thiazole rings is 1. The van der Waals surface area contributed by atoms with Crippen molar-refractivity contribution < 1.29 is 13.9 Å². The lowest BCUT2D eigenvalue weighted by atomic mass is 9.93. The second-order valence-corrected chi connectivity index (χ2v) is 12.9. The quantitative estimate of drug-likeness (QED) is 0.176. The molecule has 45 heavy (non-hydrogen) atoms. The Morgan fingerprint density at radius 1 is 1.04 bits per heavy atom. The summed E-state index contributed by atoms with van der Waals surface area (Å²) in [6.07, 6.45) is 1.92. The molecule has 0 unspecified atom stereocenters. The minimum Gasteiger partial charge on any atom is -0.473 e. The number of nitrogens with one attached hydrogen (secondary N) is 2. The second-order valence-electron chi connectivity index (χ2n) is 11.3. The van der Waals surface area contributed by atoms with Gasteiger partial charge in [-0.15, -0.1) is 11.3 Å². The first-order chi connectivity index (χ1) is 21.9. The Bertz CT molecular complexity index is 2020. The summed E-state index contributed by atoms with van der Waals surface area (Å²) in [5, 5.41) is 4.35. The molecule has 7 rings (SSSR count). The zero-order chi connectivity index (χ0) is 30.9. The van der Waals surface area contributed by atoms with Gasteiger partial charge >= 0.3 is 0 Å². The van der Waals surface area contributed by atoms with Crippen LogP contribution in [-0.4, -0.2) is 43.8 Å². The Balaban J connectivity index is 0.942. The molecule has 0 atom stereocenters. The van der Waals surface area contributed by atoms with Crippen molar-refractivity contribution in [2.24, 2.45) is 0 Å². The number of rotatable bonds is 8. The van der Waals surface area contributed by atoms with E-state index in [1.807, 2.05) is 49.4 Å². The third-order valence-corrected chi connectivity index (χ3v) is 9.23. The number of amides is 1. The molecule has 0 spiro atoms. The number of nitrogens with zero attached hydrogens (tertiary/aromatic N) is 4. The summed E-state index contributed by atoms with van der Waals surface area (Å²) in [4.78, 5) is 32.8. The predicted octanol–water partition coefficient (Wildman–Crippen LogP) is 7.88. The van der Waals surface area contributed by atoms with E-state index >= 15 is 0 Å². The van der Waals surface area contributed by atoms with Crippen molar-refractivity contribution in [2.45, 2.75) is 38.8 Å². The molecule has 1 aliphatic heterocycles. The summed E-state index contributed by atoms with van der Waals surface area (Å²) in [6.45, 7) is 4.57. The van der Waals surface area contributed by atoms with Gasteiger partial charge in [0.15, 0.2) is 0 Å². The first kappa shape index (κ1) is 29.3. The topological polar surface area (TPSA) is 96.0 Å². The smallest absolute Gasteiger partial charge is 0.255 e. The van der Waals surface area contributed by atoms with Gasteiger partial charge in [0.2, 0.25) is 5.88 Å². The maximum absolute atomic E-state index is 14.1. The average molecular weight is 641 g/mol. The van der Waals surface area contributed by atoms with Crippen LogP contribution in [0.15, 0.2) is 72.8 Å². The Morgan fingerprint density at radius 2 is 1.89 bits per heavy atom. The molecule has 2 N–H and O–H groups in total. The van der Waals surface area contributed by atoms with Crippen LogP contribution in [0.2, 0.25) is 5.02 Å². The first-order valence-corrected chi connectivity index (χ1v) is 16.0. The number of aryl methyl sites for hydroxylation is 1. The van der Waals surface area contributed by atoms with Gasteiger partial charge in [0.05, 0.1) is 32.8 Å². The maximum atomic E-state index is 14.1. The van der Waals surface area contributed by atoms with Gasteiger partial charge in [-0.2, -0.15) is 0 Å². The standard InChI is InChI=1S/C34H30ClFN6O2S/c1-20-37-29-10-8-25(17-31(29)45-20)38-34(43)22-6-9-28-30(15-22)40-32(39-28)18-42-13-11-21(12-14-42)27-3-2-4-33(41-27)44-19-23-5-7-24(35)16-26(23)36/h2-10,15-17,21H,11-14,18-19H2,1H3,(H,38,43)(H,39,40). The number of likely N-dealkylation sites (tertiary alicyclic amines) is 1. The number of hydrogen-bond acceptors (Lipinski definition) is 7. The van der Waals surface area contributed by atoms with E-state index in [2.05, 4.69) is 20.2 Å². The van der Waals surface area contributed by atoms with Crippen LogP contribution in [0.1, 0.15) is 51.2 Å². The third kappa shape index (κ3) is 6.68. The number of H-pyrrole nitrogens is 1. The monoisotopic (exact) mass is 640 g/mol. The zero-order valence-electron chi connectivity index (χ0n) is 24.5. The highest BCUT2D eigenvalue weighted by molar-refractivity contribution is 7.18. The van der Waals surface area contributed by atoms with Gasteiger partial charge in [0.1, 0.15) is 18.2 Å². The lowest BCUT2D eigenvalue weighted by molar-refractivity contribution is 0.102. The molecule has 0 saturated carbocycles.